The number of hydrogen-bond acceptors (Lipinski definition) is 5. The Kier molecular flexibility index (Phi) is 20.1. The molecule has 10 heteroatoms. The summed E-state index contributed by atoms with van der Waals surface area (Å²) in [5.74, 6) is -6.49. The minimum atomic E-state index is -3.02. The first-order valence-corrected chi connectivity index (χ1v) is 15.1. The average Bonchev–Trinajstić information content (AvgIpc) is 2.88. The van der Waals surface area contributed by atoms with Crippen LogP contribution in [-0.2, 0) is 23.7 Å². The fourth-order valence-corrected chi connectivity index (χ4v) is 3.40. The smallest absolute Gasteiger partial charge is 0.297 e. The van der Waals surface area contributed by atoms with Gasteiger partial charge in [-0.15, -0.1) is 0 Å². The lowest BCUT2D eigenvalue weighted by Crippen LogP contribution is -2.52. The van der Waals surface area contributed by atoms with Crippen LogP contribution in [0.5, 0.6) is 0 Å². The van der Waals surface area contributed by atoms with Gasteiger partial charge in [0.25, 0.3) is 5.92 Å². The molecule has 258 valence electrons. The van der Waals surface area contributed by atoms with Crippen LogP contribution in [0.1, 0.15) is 137 Å². The second-order valence-corrected chi connectivity index (χ2v) is 13.5. The molecule has 0 spiro atoms. The van der Waals surface area contributed by atoms with Crippen LogP contribution in [0.4, 0.5) is 22.0 Å². The van der Waals surface area contributed by atoms with E-state index in [2.05, 4.69) is 6.92 Å². The van der Waals surface area contributed by atoms with Gasteiger partial charge in [-0.2, -0.15) is 0 Å². The Labute approximate surface area is 254 Å². The lowest BCUT2D eigenvalue weighted by Gasteiger charge is -2.43. The van der Waals surface area contributed by atoms with Crippen molar-refractivity contribution in [3.8, 4) is 0 Å². The van der Waals surface area contributed by atoms with Crippen molar-refractivity contribution < 1.29 is 45.6 Å². The fourth-order valence-electron chi connectivity index (χ4n) is 3.40. The predicted octanol–water partition coefficient (Wildman–Crippen LogP) is 10.2. The molecule has 0 aromatic heterocycles. The van der Waals surface area contributed by atoms with Gasteiger partial charge in [-0.3, -0.25) is 0 Å². The molecule has 0 N–H and O–H groups in total. The summed E-state index contributed by atoms with van der Waals surface area (Å²) in [5, 5.41) is 0. The van der Waals surface area contributed by atoms with Crippen molar-refractivity contribution in [1.82, 2.24) is 0 Å². The molecular weight excluding hydrogens is 559 g/mol. The van der Waals surface area contributed by atoms with Gasteiger partial charge in [0.2, 0.25) is 11.6 Å². The van der Waals surface area contributed by atoms with E-state index in [0.717, 1.165) is 26.4 Å². The Morgan fingerprint density at radius 1 is 0.714 bits per heavy atom. The number of rotatable bonds is 12. The van der Waals surface area contributed by atoms with Gasteiger partial charge >= 0.3 is 0 Å². The van der Waals surface area contributed by atoms with E-state index in [-0.39, 0.29) is 0 Å². The first-order chi connectivity index (χ1) is 18.4. The van der Waals surface area contributed by atoms with Crippen molar-refractivity contribution in [3.05, 3.63) is 0 Å². The van der Waals surface area contributed by atoms with Gasteiger partial charge in [0, 0.05) is 26.7 Å². The molecule has 0 saturated carbocycles. The first kappa shape index (κ1) is 45.9. The highest BCUT2D eigenvalue weighted by atomic mass is 19.3. The molecule has 0 amide bonds. The standard InChI is InChI=1S/C11H23FO2.C10H18F2O2.C8H17FO.C3H7F/c1-8-13-9(2,3)10(4,5)14-11(6,7)12;1-7(2)8(3,4)14-10(6,13-7)9(5,11)12;1-3-6-10-7-4-5-8(2)9;1-3(2)4/h8H2,1-7H3;1-6H3;8H,3-7H2,1-2H3;3H,1-2H3. The minimum Gasteiger partial charge on any atom is -0.381 e. The molecule has 5 nitrogen and oxygen atoms in total. The highest BCUT2D eigenvalue weighted by molar-refractivity contribution is 5.01. The fraction of sp³-hybridized carbons (Fsp3) is 1.00. The summed E-state index contributed by atoms with van der Waals surface area (Å²) < 4.78 is 89.8. The molecule has 0 aromatic carbocycles. The van der Waals surface area contributed by atoms with E-state index < -0.39 is 52.3 Å². The maximum atomic E-state index is 13.4. The van der Waals surface area contributed by atoms with Crippen LogP contribution in [0.2, 0.25) is 0 Å². The van der Waals surface area contributed by atoms with E-state index in [1.54, 1.807) is 34.6 Å². The van der Waals surface area contributed by atoms with Gasteiger partial charge in [0.1, 0.15) is 0 Å². The van der Waals surface area contributed by atoms with Crippen LogP contribution in [0, 0.1) is 0 Å². The molecule has 42 heavy (non-hydrogen) atoms. The summed E-state index contributed by atoms with van der Waals surface area (Å²) >= 11 is 0. The summed E-state index contributed by atoms with van der Waals surface area (Å²) in [6.45, 7) is 30.1. The van der Waals surface area contributed by atoms with E-state index in [1.165, 1.54) is 34.6 Å². The quantitative estimate of drug-likeness (QED) is 0.160. The minimum absolute atomic E-state index is 0.509. The average molecular weight is 625 g/mol. The number of hydrogen-bond donors (Lipinski definition) is 0. The van der Waals surface area contributed by atoms with E-state index in [4.69, 9.17) is 23.7 Å². The van der Waals surface area contributed by atoms with Gasteiger partial charge in [0.05, 0.1) is 34.7 Å². The molecule has 0 radical (unpaired) electrons. The maximum absolute atomic E-state index is 13.4. The van der Waals surface area contributed by atoms with Crippen molar-refractivity contribution in [2.24, 2.45) is 0 Å². The third kappa shape index (κ3) is 19.0. The van der Waals surface area contributed by atoms with Gasteiger partial charge in [-0.25, -0.2) is 22.0 Å². The summed E-state index contributed by atoms with van der Waals surface area (Å²) in [7, 11) is 0. The molecule has 1 aliphatic rings. The van der Waals surface area contributed by atoms with Crippen LogP contribution in [-0.4, -0.2) is 72.1 Å². The zero-order valence-corrected chi connectivity index (χ0v) is 29.8. The third-order valence-electron chi connectivity index (χ3n) is 6.84. The Bertz CT molecular complexity index is 675. The topological polar surface area (TPSA) is 46.2 Å². The molecule has 0 aromatic rings. The summed E-state index contributed by atoms with van der Waals surface area (Å²) in [6, 6.07) is 0. The molecule has 1 rings (SSSR count). The van der Waals surface area contributed by atoms with Crippen LogP contribution in [0.3, 0.4) is 0 Å². The summed E-state index contributed by atoms with van der Waals surface area (Å²) in [6.07, 6.45) is 1.18. The first-order valence-electron chi connectivity index (χ1n) is 15.1. The number of alkyl halides is 5. The largest absolute Gasteiger partial charge is 0.381 e. The predicted molar refractivity (Wildman–Crippen MR) is 163 cm³/mol. The Morgan fingerprint density at radius 3 is 1.38 bits per heavy atom. The monoisotopic (exact) mass is 624 g/mol. The van der Waals surface area contributed by atoms with E-state index in [9.17, 15) is 22.0 Å². The zero-order chi connectivity index (χ0) is 34.4. The van der Waals surface area contributed by atoms with Crippen molar-refractivity contribution in [3.63, 3.8) is 0 Å². The van der Waals surface area contributed by atoms with Crippen LogP contribution < -0.4 is 0 Å². The molecule has 1 atom stereocenters. The van der Waals surface area contributed by atoms with Crippen molar-refractivity contribution >= 4 is 0 Å². The van der Waals surface area contributed by atoms with Gasteiger partial charge in [-0.1, -0.05) is 6.92 Å². The summed E-state index contributed by atoms with van der Waals surface area (Å²) in [4.78, 5) is 0. The Balaban J connectivity index is -0.000000517. The molecule has 1 unspecified atom stereocenters. The van der Waals surface area contributed by atoms with Crippen LogP contribution >= 0.6 is 0 Å². The second kappa shape index (κ2) is 18.4. The molecular formula is C32H65F5O5. The SMILES string of the molecule is CC(C)F.CC(F)(F)C1(C)OC(C)(C)C(C)(C)O1.CCCOCCCC(C)F.CCOC(C)(C)C(C)(C)OC(C)(C)F. The molecule has 0 aliphatic carbocycles. The molecule has 0 bridgehead atoms. The molecule has 1 fully saturated rings. The van der Waals surface area contributed by atoms with Gasteiger partial charge in [0.15, 0.2) is 0 Å². The molecule has 1 saturated heterocycles. The number of ether oxygens (including phenoxy) is 5. The Hall–Kier alpha value is -0.550. The highest BCUT2D eigenvalue weighted by Gasteiger charge is 2.63. The third-order valence-corrected chi connectivity index (χ3v) is 6.84. The van der Waals surface area contributed by atoms with Crippen LogP contribution in [0.25, 0.3) is 0 Å². The van der Waals surface area contributed by atoms with E-state index in [0.29, 0.717) is 19.6 Å². The lowest BCUT2D eigenvalue weighted by molar-refractivity contribution is -0.292. The highest BCUT2D eigenvalue weighted by Crippen LogP contribution is 2.49. The van der Waals surface area contributed by atoms with Crippen molar-refractivity contribution in [2.75, 3.05) is 19.8 Å². The second-order valence-electron chi connectivity index (χ2n) is 13.5. The lowest BCUT2D eigenvalue weighted by atomic mass is 9.88. The normalized spacial score (nSPS) is 18.6. The van der Waals surface area contributed by atoms with Gasteiger partial charge in [-0.05, 0) is 123 Å². The van der Waals surface area contributed by atoms with Gasteiger partial charge < -0.3 is 23.7 Å². The van der Waals surface area contributed by atoms with E-state index in [1.807, 2.05) is 34.6 Å². The zero-order valence-electron chi connectivity index (χ0n) is 29.8. The Morgan fingerprint density at radius 2 is 1.12 bits per heavy atom. The summed E-state index contributed by atoms with van der Waals surface area (Å²) in [5.41, 5.74) is -2.62. The van der Waals surface area contributed by atoms with Crippen molar-refractivity contribution in [2.45, 2.75) is 189 Å². The maximum Gasteiger partial charge on any atom is 0.297 e. The molecule has 1 aliphatic heterocycles. The van der Waals surface area contributed by atoms with Crippen molar-refractivity contribution in [1.29, 1.82) is 0 Å². The molecule has 1 heterocycles. The number of halogens is 5. The van der Waals surface area contributed by atoms with E-state index >= 15 is 0 Å². The van der Waals surface area contributed by atoms with Crippen LogP contribution in [0.15, 0.2) is 0 Å².